The Hall–Kier alpha value is -1.06. The molecule has 2 N–H and O–H groups in total. The molecular weight excluding hydrogens is 260 g/mol. The van der Waals surface area contributed by atoms with Crippen molar-refractivity contribution < 1.29 is 5.11 Å². The topological polar surface area (TPSA) is 35.5 Å². The van der Waals surface area contributed by atoms with Gasteiger partial charge in [-0.05, 0) is 44.4 Å². The molecule has 1 fully saturated rings. The van der Waals surface area contributed by atoms with E-state index in [1.807, 2.05) is 0 Å². The maximum atomic E-state index is 9.46. The Kier molecular flexibility index (Phi) is 6.52. The lowest BCUT2D eigenvalue weighted by Crippen LogP contribution is -2.36. The van der Waals surface area contributed by atoms with E-state index in [9.17, 15) is 5.11 Å². The Balaban J connectivity index is 2.20. The monoisotopic (exact) mass is 290 g/mol. The first-order chi connectivity index (χ1) is 10.3. The molecule has 0 saturated heterocycles. The normalized spacial score (nSPS) is 15.6. The third-order valence-corrected chi connectivity index (χ3v) is 4.39. The Morgan fingerprint density at radius 2 is 2.05 bits per heavy atom. The summed E-state index contributed by atoms with van der Waals surface area (Å²) in [5.41, 5.74) is 3.98. The standard InChI is InChI=1S/C18H30N2O/c1-3-10-19-14-16-13-15(2)8-9-18(16)20(11-12-21)17-6-4-5-7-17/h8-9,13,17,19,21H,3-7,10-12,14H2,1-2H3. The molecule has 0 unspecified atom stereocenters. The number of nitrogens with one attached hydrogen (secondary N) is 1. The number of anilines is 1. The van der Waals surface area contributed by atoms with Gasteiger partial charge < -0.3 is 15.3 Å². The summed E-state index contributed by atoms with van der Waals surface area (Å²) in [6, 6.07) is 7.33. The number of benzene rings is 1. The average molecular weight is 290 g/mol. The molecule has 1 aliphatic rings. The number of hydrogen-bond acceptors (Lipinski definition) is 3. The van der Waals surface area contributed by atoms with Crippen LogP contribution in [0.2, 0.25) is 0 Å². The quantitative estimate of drug-likeness (QED) is 0.722. The molecule has 0 bridgehead atoms. The number of rotatable bonds is 8. The van der Waals surface area contributed by atoms with E-state index in [0.717, 1.165) is 26.1 Å². The predicted octanol–water partition coefficient (Wildman–Crippen LogP) is 3.24. The number of nitrogens with zero attached hydrogens (tertiary/aromatic N) is 1. The molecule has 3 heteroatoms. The molecule has 0 radical (unpaired) electrons. The van der Waals surface area contributed by atoms with E-state index < -0.39 is 0 Å². The van der Waals surface area contributed by atoms with E-state index in [1.165, 1.54) is 42.5 Å². The van der Waals surface area contributed by atoms with Gasteiger partial charge in [-0.2, -0.15) is 0 Å². The molecular formula is C18H30N2O. The van der Waals surface area contributed by atoms with Gasteiger partial charge in [-0.3, -0.25) is 0 Å². The van der Waals surface area contributed by atoms with Gasteiger partial charge in [0.25, 0.3) is 0 Å². The summed E-state index contributed by atoms with van der Waals surface area (Å²) in [4.78, 5) is 2.44. The number of aryl methyl sites for hydroxylation is 1. The van der Waals surface area contributed by atoms with Crippen LogP contribution in [0.5, 0.6) is 0 Å². The fourth-order valence-electron chi connectivity index (χ4n) is 3.36. The van der Waals surface area contributed by atoms with Gasteiger partial charge in [-0.15, -0.1) is 0 Å². The molecule has 0 atom stereocenters. The highest BCUT2D eigenvalue weighted by atomic mass is 16.3. The minimum Gasteiger partial charge on any atom is -0.395 e. The Morgan fingerprint density at radius 1 is 1.29 bits per heavy atom. The van der Waals surface area contributed by atoms with E-state index in [-0.39, 0.29) is 6.61 Å². The molecule has 0 heterocycles. The minimum absolute atomic E-state index is 0.228. The van der Waals surface area contributed by atoms with Crippen molar-refractivity contribution in [1.29, 1.82) is 0 Å². The van der Waals surface area contributed by atoms with Crippen molar-refractivity contribution in [2.45, 2.75) is 58.5 Å². The molecule has 0 aliphatic heterocycles. The molecule has 1 aliphatic carbocycles. The van der Waals surface area contributed by atoms with Crippen LogP contribution >= 0.6 is 0 Å². The van der Waals surface area contributed by atoms with Crippen molar-refractivity contribution >= 4 is 5.69 Å². The smallest absolute Gasteiger partial charge is 0.0606 e. The Bertz CT molecular complexity index is 427. The van der Waals surface area contributed by atoms with Crippen molar-refractivity contribution in [3.63, 3.8) is 0 Å². The highest BCUT2D eigenvalue weighted by Crippen LogP contribution is 2.30. The third kappa shape index (κ3) is 4.45. The molecule has 0 aromatic heterocycles. The van der Waals surface area contributed by atoms with Crippen LogP contribution in [0.1, 0.15) is 50.2 Å². The van der Waals surface area contributed by atoms with Crippen LogP contribution in [-0.4, -0.2) is 30.8 Å². The summed E-state index contributed by atoms with van der Waals surface area (Å²) >= 11 is 0. The van der Waals surface area contributed by atoms with Gasteiger partial charge in [0, 0.05) is 24.8 Å². The first kappa shape index (κ1) is 16.3. The van der Waals surface area contributed by atoms with E-state index in [2.05, 4.69) is 42.3 Å². The zero-order valence-electron chi connectivity index (χ0n) is 13.6. The summed E-state index contributed by atoms with van der Waals surface area (Å²) < 4.78 is 0. The van der Waals surface area contributed by atoms with Crippen molar-refractivity contribution in [3.8, 4) is 0 Å². The summed E-state index contributed by atoms with van der Waals surface area (Å²) in [6.45, 7) is 7.29. The Labute approximate surface area is 129 Å². The van der Waals surface area contributed by atoms with E-state index in [1.54, 1.807) is 0 Å². The maximum absolute atomic E-state index is 9.46. The van der Waals surface area contributed by atoms with Crippen LogP contribution in [-0.2, 0) is 6.54 Å². The van der Waals surface area contributed by atoms with E-state index >= 15 is 0 Å². The van der Waals surface area contributed by atoms with Crippen molar-refractivity contribution in [3.05, 3.63) is 29.3 Å². The largest absolute Gasteiger partial charge is 0.395 e. The van der Waals surface area contributed by atoms with Gasteiger partial charge in [0.15, 0.2) is 0 Å². The van der Waals surface area contributed by atoms with Crippen LogP contribution in [0, 0.1) is 6.92 Å². The average Bonchev–Trinajstić information content (AvgIpc) is 3.00. The first-order valence-electron chi connectivity index (χ1n) is 8.44. The zero-order chi connectivity index (χ0) is 15.1. The van der Waals surface area contributed by atoms with E-state index in [4.69, 9.17) is 0 Å². The highest BCUT2D eigenvalue weighted by molar-refractivity contribution is 5.56. The second-order valence-corrected chi connectivity index (χ2v) is 6.16. The molecule has 0 amide bonds. The van der Waals surface area contributed by atoms with Gasteiger partial charge in [-0.25, -0.2) is 0 Å². The molecule has 1 aromatic rings. The molecule has 2 rings (SSSR count). The zero-order valence-corrected chi connectivity index (χ0v) is 13.6. The second-order valence-electron chi connectivity index (χ2n) is 6.16. The second kappa shape index (κ2) is 8.40. The summed E-state index contributed by atoms with van der Waals surface area (Å²) in [6.07, 6.45) is 6.32. The van der Waals surface area contributed by atoms with Crippen LogP contribution in [0.15, 0.2) is 18.2 Å². The summed E-state index contributed by atoms with van der Waals surface area (Å²) in [5, 5.41) is 13.0. The van der Waals surface area contributed by atoms with Crippen LogP contribution in [0.4, 0.5) is 5.69 Å². The minimum atomic E-state index is 0.228. The fourth-order valence-corrected chi connectivity index (χ4v) is 3.36. The number of aliphatic hydroxyl groups excluding tert-OH is 1. The summed E-state index contributed by atoms with van der Waals surface area (Å²) in [7, 11) is 0. The van der Waals surface area contributed by atoms with Crippen LogP contribution in [0.3, 0.4) is 0 Å². The molecule has 0 spiro atoms. The van der Waals surface area contributed by atoms with Gasteiger partial charge in [0.05, 0.1) is 6.61 Å². The van der Waals surface area contributed by atoms with Gasteiger partial charge in [-0.1, -0.05) is 37.5 Å². The first-order valence-corrected chi connectivity index (χ1v) is 8.44. The van der Waals surface area contributed by atoms with Gasteiger partial charge >= 0.3 is 0 Å². The lowest BCUT2D eigenvalue weighted by Gasteiger charge is -2.32. The maximum Gasteiger partial charge on any atom is 0.0606 e. The van der Waals surface area contributed by atoms with Gasteiger partial charge in [0.1, 0.15) is 0 Å². The lowest BCUT2D eigenvalue weighted by atomic mass is 10.1. The number of aliphatic hydroxyl groups is 1. The van der Waals surface area contributed by atoms with Crippen molar-refractivity contribution in [2.75, 3.05) is 24.6 Å². The molecule has 1 saturated carbocycles. The predicted molar refractivity (Wildman–Crippen MR) is 89.9 cm³/mol. The van der Waals surface area contributed by atoms with Crippen molar-refractivity contribution in [2.24, 2.45) is 0 Å². The lowest BCUT2D eigenvalue weighted by molar-refractivity contribution is 0.297. The Morgan fingerprint density at radius 3 is 2.71 bits per heavy atom. The number of hydrogen-bond donors (Lipinski definition) is 2. The van der Waals surface area contributed by atoms with Crippen molar-refractivity contribution in [1.82, 2.24) is 5.32 Å². The SMILES string of the molecule is CCCNCc1cc(C)ccc1N(CCO)C1CCCC1. The highest BCUT2D eigenvalue weighted by Gasteiger charge is 2.24. The van der Waals surface area contributed by atoms with Crippen LogP contribution in [0.25, 0.3) is 0 Å². The third-order valence-electron chi connectivity index (χ3n) is 4.39. The molecule has 118 valence electrons. The molecule has 1 aromatic carbocycles. The molecule has 3 nitrogen and oxygen atoms in total. The summed E-state index contributed by atoms with van der Waals surface area (Å²) in [5.74, 6) is 0. The molecule has 21 heavy (non-hydrogen) atoms. The van der Waals surface area contributed by atoms with E-state index in [0.29, 0.717) is 6.04 Å². The van der Waals surface area contributed by atoms with Crippen LogP contribution < -0.4 is 10.2 Å². The van der Waals surface area contributed by atoms with Gasteiger partial charge in [0.2, 0.25) is 0 Å². The fraction of sp³-hybridized carbons (Fsp3) is 0.667.